The molecule has 5 heteroatoms. The molecule has 0 amide bonds. The zero-order valence-electron chi connectivity index (χ0n) is 12.0. The topological polar surface area (TPSA) is 44.3 Å². The summed E-state index contributed by atoms with van der Waals surface area (Å²) in [5, 5.41) is 3.27. The number of nitrogens with zero attached hydrogens (tertiary/aromatic N) is 4. The van der Waals surface area contributed by atoms with Gasteiger partial charge in [-0.15, -0.1) is 0 Å². The number of nitrogens with one attached hydrogen (secondary N) is 1. The molecule has 3 heterocycles. The molecule has 5 nitrogen and oxygen atoms in total. The standard InChI is InChI=1S/C14H23N5/c1-10(2)16-14-15-5-4-13(17-14)19-8-11-6-18(3)7-12(11)9-19/h4-5,10-12H,6-9H2,1-3H3,(H,15,16,17)/t11-,12+. The second kappa shape index (κ2) is 4.96. The van der Waals surface area contributed by atoms with Crippen molar-refractivity contribution in [2.24, 2.45) is 11.8 Å². The van der Waals surface area contributed by atoms with E-state index in [1.54, 1.807) is 0 Å². The molecule has 1 N–H and O–H groups in total. The van der Waals surface area contributed by atoms with Crippen molar-refractivity contribution in [1.29, 1.82) is 0 Å². The van der Waals surface area contributed by atoms with Gasteiger partial charge in [-0.25, -0.2) is 4.98 Å². The van der Waals surface area contributed by atoms with Crippen molar-refractivity contribution in [3.63, 3.8) is 0 Å². The van der Waals surface area contributed by atoms with Crippen LogP contribution in [0.4, 0.5) is 11.8 Å². The molecular formula is C14H23N5. The highest BCUT2D eigenvalue weighted by Gasteiger charge is 2.39. The average Bonchev–Trinajstić information content (AvgIpc) is 2.85. The molecule has 0 bridgehead atoms. The van der Waals surface area contributed by atoms with Gasteiger partial charge in [-0.3, -0.25) is 0 Å². The van der Waals surface area contributed by atoms with Crippen molar-refractivity contribution in [2.45, 2.75) is 19.9 Å². The highest BCUT2D eigenvalue weighted by molar-refractivity contribution is 5.44. The van der Waals surface area contributed by atoms with Gasteiger partial charge in [-0.1, -0.05) is 0 Å². The predicted molar refractivity (Wildman–Crippen MR) is 77.5 cm³/mol. The minimum Gasteiger partial charge on any atom is -0.356 e. The lowest BCUT2D eigenvalue weighted by Crippen LogP contribution is -2.27. The summed E-state index contributed by atoms with van der Waals surface area (Å²) in [5.41, 5.74) is 0. The van der Waals surface area contributed by atoms with Crippen molar-refractivity contribution < 1.29 is 0 Å². The number of anilines is 2. The maximum Gasteiger partial charge on any atom is 0.224 e. The van der Waals surface area contributed by atoms with E-state index in [0.717, 1.165) is 36.7 Å². The maximum atomic E-state index is 4.63. The van der Waals surface area contributed by atoms with Gasteiger partial charge in [0.2, 0.25) is 5.95 Å². The Bertz CT molecular complexity index is 433. The van der Waals surface area contributed by atoms with Crippen LogP contribution in [-0.4, -0.2) is 54.1 Å². The van der Waals surface area contributed by atoms with Crippen LogP contribution in [0.5, 0.6) is 0 Å². The smallest absolute Gasteiger partial charge is 0.224 e. The van der Waals surface area contributed by atoms with E-state index in [0.29, 0.717) is 6.04 Å². The number of aromatic nitrogens is 2. The summed E-state index contributed by atoms with van der Waals surface area (Å²) in [6.07, 6.45) is 1.85. The van der Waals surface area contributed by atoms with Crippen molar-refractivity contribution >= 4 is 11.8 Å². The molecule has 2 atom stereocenters. The highest BCUT2D eigenvalue weighted by Crippen LogP contribution is 2.32. The van der Waals surface area contributed by atoms with Crippen LogP contribution in [-0.2, 0) is 0 Å². The van der Waals surface area contributed by atoms with E-state index < -0.39 is 0 Å². The summed E-state index contributed by atoms with van der Waals surface area (Å²) >= 11 is 0. The fraction of sp³-hybridized carbons (Fsp3) is 0.714. The quantitative estimate of drug-likeness (QED) is 0.888. The van der Waals surface area contributed by atoms with Gasteiger partial charge in [0.1, 0.15) is 5.82 Å². The Balaban J connectivity index is 1.70. The fourth-order valence-corrected chi connectivity index (χ4v) is 3.27. The van der Waals surface area contributed by atoms with Crippen LogP contribution in [0.1, 0.15) is 13.8 Å². The summed E-state index contributed by atoms with van der Waals surface area (Å²) in [4.78, 5) is 13.8. The second-order valence-electron chi connectivity index (χ2n) is 6.18. The summed E-state index contributed by atoms with van der Waals surface area (Å²) in [7, 11) is 2.22. The third-order valence-electron chi connectivity index (χ3n) is 4.05. The third kappa shape index (κ3) is 2.66. The first-order valence-corrected chi connectivity index (χ1v) is 7.15. The minimum absolute atomic E-state index is 0.363. The first-order valence-electron chi connectivity index (χ1n) is 7.15. The first-order chi connectivity index (χ1) is 9.11. The number of likely N-dealkylation sites (tertiary alicyclic amines) is 1. The van der Waals surface area contributed by atoms with E-state index in [9.17, 15) is 0 Å². The third-order valence-corrected chi connectivity index (χ3v) is 4.05. The summed E-state index contributed by atoms with van der Waals surface area (Å²) in [6, 6.07) is 2.39. The Kier molecular flexibility index (Phi) is 3.31. The largest absolute Gasteiger partial charge is 0.356 e. The van der Waals surface area contributed by atoms with Gasteiger partial charge in [0.25, 0.3) is 0 Å². The van der Waals surface area contributed by atoms with E-state index in [4.69, 9.17) is 0 Å². The Hall–Kier alpha value is -1.36. The molecule has 0 spiro atoms. The lowest BCUT2D eigenvalue weighted by atomic mass is 10.0. The average molecular weight is 261 g/mol. The van der Waals surface area contributed by atoms with Crippen LogP contribution >= 0.6 is 0 Å². The van der Waals surface area contributed by atoms with Crippen LogP contribution in [0.2, 0.25) is 0 Å². The Labute approximate surface area is 115 Å². The molecule has 0 unspecified atom stereocenters. The van der Waals surface area contributed by atoms with Crippen molar-refractivity contribution in [3.05, 3.63) is 12.3 Å². The normalized spacial score (nSPS) is 27.1. The highest BCUT2D eigenvalue weighted by atomic mass is 15.3. The van der Waals surface area contributed by atoms with Crippen LogP contribution in [0.25, 0.3) is 0 Å². The molecule has 0 aromatic carbocycles. The second-order valence-corrected chi connectivity index (χ2v) is 6.18. The molecule has 104 valence electrons. The van der Waals surface area contributed by atoms with E-state index in [1.807, 2.05) is 12.3 Å². The van der Waals surface area contributed by atoms with Gasteiger partial charge in [0.05, 0.1) is 0 Å². The van der Waals surface area contributed by atoms with Gasteiger partial charge in [-0.2, -0.15) is 4.98 Å². The van der Waals surface area contributed by atoms with Crippen LogP contribution in [0, 0.1) is 11.8 Å². The molecule has 0 aliphatic carbocycles. The van der Waals surface area contributed by atoms with E-state index >= 15 is 0 Å². The molecule has 19 heavy (non-hydrogen) atoms. The van der Waals surface area contributed by atoms with Crippen LogP contribution < -0.4 is 10.2 Å². The molecule has 2 fully saturated rings. The summed E-state index contributed by atoms with van der Waals surface area (Å²) in [6.45, 7) is 8.92. The maximum absolute atomic E-state index is 4.63. The molecule has 2 aliphatic heterocycles. The summed E-state index contributed by atoms with van der Waals surface area (Å²) < 4.78 is 0. The predicted octanol–water partition coefficient (Wildman–Crippen LogP) is 1.29. The lowest BCUT2D eigenvalue weighted by Gasteiger charge is -2.20. The van der Waals surface area contributed by atoms with Gasteiger partial charge in [0, 0.05) is 38.4 Å². The van der Waals surface area contributed by atoms with Crippen LogP contribution in [0.15, 0.2) is 12.3 Å². The van der Waals surface area contributed by atoms with Gasteiger partial charge in [0.15, 0.2) is 0 Å². The fourth-order valence-electron chi connectivity index (χ4n) is 3.27. The first kappa shape index (κ1) is 12.7. The Morgan fingerprint density at radius 2 is 1.89 bits per heavy atom. The molecule has 1 aromatic rings. The van der Waals surface area contributed by atoms with Crippen molar-refractivity contribution in [1.82, 2.24) is 14.9 Å². The van der Waals surface area contributed by atoms with Crippen molar-refractivity contribution in [2.75, 3.05) is 43.4 Å². The molecular weight excluding hydrogens is 238 g/mol. The number of hydrogen-bond acceptors (Lipinski definition) is 5. The van der Waals surface area contributed by atoms with E-state index in [2.05, 4.69) is 46.0 Å². The minimum atomic E-state index is 0.363. The molecule has 2 saturated heterocycles. The van der Waals surface area contributed by atoms with E-state index in [-0.39, 0.29) is 0 Å². The molecule has 1 aromatic heterocycles. The molecule has 3 rings (SSSR count). The molecule has 0 radical (unpaired) electrons. The number of hydrogen-bond donors (Lipinski definition) is 1. The zero-order valence-corrected chi connectivity index (χ0v) is 12.0. The zero-order chi connectivity index (χ0) is 13.4. The lowest BCUT2D eigenvalue weighted by molar-refractivity contribution is 0.387. The van der Waals surface area contributed by atoms with Gasteiger partial charge >= 0.3 is 0 Å². The number of fused-ring (bicyclic) bond motifs is 1. The van der Waals surface area contributed by atoms with E-state index in [1.165, 1.54) is 13.1 Å². The Morgan fingerprint density at radius 1 is 1.21 bits per heavy atom. The Morgan fingerprint density at radius 3 is 2.53 bits per heavy atom. The van der Waals surface area contributed by atoms with Gasteiger partial charge in [-0.05, 0) is 38.8 Å². The summed E-state index contributed by atoms with van der Waals surface area (Å²) in [5.74, 6) is 3.42. The molecule has 0 saturated carbocycles. The van der Waals surface area contributed by atoms with Gasteiger partial charge < -0.3 is 15.1 Å². The number of rotatable bonds is 3. The van der Waals surface area contributed by atoms with Crippen molar-refractivity contribution in [3.8, 4) is 0 Å². The monoisotopic (exact) mass is 261 g/mol. The SMILES string of the molecule is CC(C)Nc1nccc(N2C[C@H]3CN(C)C[C@H]3C2)n1. The van der Waals surface area contributed by atoms with Crippen LogP contribution in [0.3, 0.4) is 0 Å². The molecule has 2 aliphatic rings.